The molecule has 70 valence electrons. The third-order valence-electron chi connectivity index (χ3n) is 1.26. The van der Waals surface area contributed by atoms with Gasteiger partial charge in [0, 0.05) is 0 Å². The Hall–Kier alpha value is -2.05. The zero-order valence-electron chi connectivity index (χ0n) is 6.77. The predicted molar refractivity (Wildman–Crippen MR) is 42.1 cm³/mol. The molecule has 0 radical (unpaired) electrons. The lowest BCUT2D eigenvalue weighted by molar-refractivity contribution is 0.182. The van der Waals surface area contributed by atoms with Gasteiger partial charge in [-0.3, -0.25) is 10.7 Å². The van der Waals surface area contributed by atoms with Gasteiger partial charge in [0.25, 0.3) is 0 Å². The number of imidazole rings is 1. The Bertz CT molecular complexity index is 357. The van der Waals surface area contributed by atoms with Crippen molar-refractivity contribution in [2.75, 3.05) is 0 Å². The molecule has 7 heteroatoms. The van der Waals surface area contributed by atoms with Crippen LogP contribution in [-0.4, -0.2) is 32.0 Å². The predicted octanol–water partition coefficient (Wildman–Crippen LogP) is 0.0218. The summed E-state index contributed by atoms with van der Waals surface area (Å²) in [5, 5.41) is 26.3. The van der Waals surface area contributed by atoms with Crippen LogP contribution in [-0.2, 0) is 0 Å². The highest BCUT2D eigenvalue weighted by atomic mass is 16.5. The van der Waals surface area contributed by atoms with Gasteiger partial charge in [0.2, 0.25) is 5.82 Å². The number of aromatic nitrogens is 2. The van der Waals surface area contributed by atoms with Crippen LogP contribution < -0.4 is 5.32 Å². The molecule has 0 unspecified atom stereocenters. The Kier molecular flexibility index (Phi) is 2.18. The largest absolute Gasteiger partial charge is 0.465 e. The van der Waals surface area contributed by atoms with Gasteiger partial charge < -0.3 is 10.3 Å². The molecule has 0 aliphatic heterocycles. The molecule has 4 N–H and O–H groups in total. The van der Waals surface area contributed by atoms with Crippen molar-refractivity contribution >= 4 is 11.9 Å². The summed E-state index contributed by atoms with van der Waals surface area (Å²) in [6.07, 6.45) is -0.0985. The van der Waals surface area contributed by atoms with Crippen molar-refractivity contribution in [1.29, 1.82) is 5.41 Å². The monoisotopic (exact) mass is 184 g/mol. The lowest BCUT2D eigenvalue weighted by Gasteiger charge is -2.00. The highest BCUT2D eigenvalue weighted by Gasteiger charge is 2.12. The highest BCUT2D eigenvalue weighted by molar-refractivity contribution is 6.01. The molecule has 0 fully saturated rings. The molecule has 0 atom stereocenters. The molecule has 1 rings (SSSR count). The summed E-state index contributed by atoms with van der Waals surface area (Å²) in [6.45, 7) is 1.62. The van der Waals surface area contributed by atoms with E-state index in [1.807, 2.05) is 0 Å². The topological polar surface area (TPSA) is 111 Å². The molecule has 0 spiro atoms. The molecular formula is C6H8N4O3. The van der Waals surface area contributed by atoms with E-state index >= 15 is 0 Å². The first-order chi connectivity index (χ1) is 6.00. The highest BCUT2D eigenvalue weighted by Crippen LogP contribution is 1.98. The Morgan fingerprint density at radius 1 is 1.77 bits per heavy atom. The summed E-state index contributed by atoms with van der Waals surface area (Å²) in [7, 11) is 0. The second kappa shape index (κ2) is 3.13. The number of nitrogens with zero attached hydrogens (tertiary/aromatic N) is 2. The fraction of sp³-hybridized carbons (Fsp3) is 0.167. The van der Waals surface area contributed by atoms with Crippen LogP contribution in [0.25, 0.3) is 0 Å². The van der Waals surface area contributed by atoms with Crippen LogP contribution in [0.1, 0.15) is 11.5 Å². The molecule has 1 aromatic heterocycles. The summed E-state index contributed by atoms with van der Waals surface area (Å²) >= 11 is 0. The average Bonchev–Trinajstić information content (AvgIpc) is 2.28. The van der Waals surface area contributed by atoms with Gasteiger partial charge in [-0.1, -0.05) is 0 Å². The second-order valence-corrected chi connectivity index (χ2v) is 2.36. The van der Waals surface area contributed by atoms with Crippen LogP contribution in [0.4, 0.5) is 4.79 Å². The van der Waals surface area contributed by atoms with E-state index in [9.17, 15) is 4.79 Å². The van der Waals surface area contributed by atoms with Crippen LogP contribution >= 0.6 is 0 Å². The fourth-order valence-corrected chi connectivity index (χ4v) is 0.819. The van der Waals surface area contributed by atoms with Crippen LogP contribution in [0.3, 0.4) is 0 Å². The van der Waals surface area contributed by atoms with Gasteiger partial charge in [0.15, 0.2) is 5.84 Å². The quantitative estimate of drug-likeness (QED) is 0.280. The molecule has 0 bridgehead atoms. The van der Waals surface area contributed by atoms with Crippen molar-refractivity contribution in [1.82, 2.24) is 15.0 Å². The van der Waals surface area contributed by atoms with E-state index in [1.54, 1.807) is 12.2 Å². The van der Waals surface area contributed by atoms with Crippen LogP contribution in [0, 0.1) is 12.3 Å². The van der Waals surface area contributed by atoms with E-state index in [4.69, 9.17) is 15.7 Å². The number of carboxylic acid groups (broad SMARTS) is 1. The lowest BCUT2D eigenvalue weighted by atomic mass is 10.5. The van der Waals surface area contributed by atoms with Crippen molar-refractivity contribution < 1.29 is 15.1 Å². The van der Waals surface area contributed by atoms with E-state index in [-0.39, 0.29) is 5.82 Å². The molecule has 0 aromatic carbocycles. The number of hydrogen-bond acceptors (Lipinski definition) is 4. The van der Waals surface area contributed by atoms with Crippen LogP contribution in [0.2, 0.25) is 0 Å². The maximum atomic E-state index is 10.1. The van der Waals surface area contributed by atoms with Gasteiger partial charge in [-0.15, -0.1) is 0 Å². The fourth-order valence-electron chi connectivity index (χ4n) is 0.819. The summed E-state index contributed by atoms with van der Waals surface area (Å²) in [6, 6.07) is 0. The SMILES string of the molecule is Cc1cn(O)c(C(=N)NC(=O)O)n1. The minimum atomic E-state index is -1.37. The van der Waals surface area contributed by atoms with Crippen LogP contribution in [0.15, 0.2) is 6.20 Å². The molecule has 0 aliphatic rings. The summed E-state index contributed by atoms with van der Waals surface area (Å²) in [4.78, 5) is 13.9. The number of amidine groups is 1. The Morgan fingerprint density at radius 2 is 2.38 bits per heavy atom. The zero-order valence-corrected chi connectivity index (χ0v) is 6.77. The van der Waals surface area contributed by atoms with Crippen molar-refractivity contribution in [2.45, 2.75) is 6.92 Å². The molecule has 1 aromatic rings. The normalized spacial score (nSPS) is 9.62. The number of carbonyl (C=O) groups is 1. The van der Waals surface area contributed by atoms with Gasteiger partial charge in [0.05, 0.1) is 11.9 Å². The van der Waals surface area contributed by atoms with Gasteiger partial charge in [-0.05, 0) is 6.92 Å². The molecular weight excluding hydrogens is 176 g/mol. The third kappa shape index (κ3) is 1.95. The number of hydrogen-bond donors (Lipinski definition) is 4. The van der Waals surface area contributed by atoms with E-state index in [0.717, 1.165) is 0 Å². The number of rotatable bonds is 1. The maximum absolute atomic E-state index is 10.1. The smallest absolute Gasteiger partial charge is 0.410 e. The average molecular weight is 184 g/mol. The lowest BCUT2D eigenvalue weighted by Crippen LogP contribution is -2.30. The summed E-state index contributed by atoms with van der Waals surface area (Å²) in [5.74, 6) is -0.608. The Morgan fingerprint density at radius 3 is 2.77 bits per heavy atom. The first-order valence-electron chi connectivity index (χ1n) is 3.35. The third-order valence-corrected chi connectivity index (χ3v) is 1.26. The standard InChI is InChI=1S/C6H8N4O3/c1-3-2-10(13)5(8-3)4(7)9-6(11)12/h2,13H,1H3,(H2,7,9)(H,11,12). The van der Waals surface area contributed by atoms with Gasteiger partial charge in [0.1, 0.15) is 0 Å². The minimum absolute atomic E-state index is 0.139. The van der Waals surface area contributed by atoms with E-state index in [0.29, 0.717) is 10.4 Å². The molecule has 0 aliphatic carbocycles. The summed E-state index contributed by atoms with van der Waals surface area (Å²) in [5.41, 5.74) is 0.495. The maximum Gasteiger partial charge on any atom is 0.410 e. The second-order valence-electron chi connectivity index (χ2n) is 2.36. The van der Waals surface area contributed by atoms with Crippen molar-refractivity contribution in [3.05, 3.63) is 17.7 Å². The number of amides is 1. The van der Waals surface area contributed by atoms with E-state index < -0.39 is 11.9 Å². The van der Waals surface area contributed by atoms with Gasteiger partial charge in [-0.25, -0.2) is 9.78 Å². The van der Waals surface area contributed by atoms with Crippen molar-refractivity contribution in [3.8, 4) is 0 Å². The molecule has 7 nitrogen and oxygen atoms in total. The Balaban J connectivity index is 2.88. The molecule has 0 saturated heterocycles. The number of aryl methyl sites for hydroxylation is 1. The van der Waals surface area contributed by atoms with Gasteiger partial charge >= 0.3 is 6.09 Å². The Labute approximate surface area is 73.1 Å². The van der Waals surface area contributed by atoms with E-state index in [1.165, 1.54) is 6.20 Å². The van der Waals surface area contributed by atoms with E-state index in [2.05, 4.69) is 4.98 Å². The first-order valence-corrected chi connectivity index (χ1v) is 3.35. The number of nitrogens with one attached hydrogen (secondary N) is 2. The first kappa shape index (κ1) is 9.04. The van der Waals surface area contributed by atoms with Crippen molar-refractivity contribution in [3.63, 3.8) is 0 Å². The molecule has 1 heterocycles. The molecule has 0 saturated carbocycles. The summed E-state index contributed by atoms with van der Waals surface area (Å²) < 4.78 is 0.591. The van der Waals surface area contributed by atoms with Gasteiger partial charge in [-0.2, -0.15) is 4.73 Å². The van der Waals surface area contributed by atoms with Crippen molar-refractivity contribution in [2.24, 2.45) is 0 Å². The molecule has 1 amide bonds. The molecule has 13 heavy (non-hydrogen) atoms. The van der Waals surface area contributed by atoms with Crippen LogP contribution in [0.5, 0.6) is 0 Å². The minimum Gasteiger partial charge on any atom is -0.465 e. The zero-order chi connectivity index (χ0) is 10.0.